The van der Waals surface area contributed by atoms with Crippen LogP contribution in [0.1, 0.15) is 56.4 Å². The quantitative estimate of drug-likeness (QED) is 0.0814. The van der Waals surface area contributed by atoms with Crippen molar-refractivity contribution in [3.63, 3.8) is 0 Å². The zero-order valence-electron chi connectivity index (χ0n) is 55.7. The molecular formula is C83H70F6O8P4Sm. The number of aliphatic hydroxyl groups excluding tert-OH is 2. The van der Waals surface area contributed by atoms with Gasteiger partial charge < -0.3 is 37.9 Å². The number of hydrogen-bond acceptors (Lipinski definition) is 8. The third kappa shape index (κ3) is 14.2. The van der Waals surface area contributed by atoms with Gasteiger partial charge in [0.2, 0.25) is 0 Å². The second-order valence-electron chi connectivity index (χ2n) is 25.5. The molecule has 0 amide bonds. The number of aliphatic hydroxyl groups is 2. The SMILES string of the molecule is CC1(C)c2cccc(P(=O)(c3ccccc3)c3ccccc3)c2Oc2c1cccc2P(=O)(c1ccccc1)c1ccccc1.CC1(C)c2cccc(P(=O)(c3ccccc3)c3ccccc3)c2Oc2c1cccc2P(=O)(c1ccccc1)c1ccccc1.OC(CC(O)C(F)(F)F)C(F)(F)F.[Sm]. The van der Waals surface area contributed by atoms with Crippen LogP contribution in [0.2, 0.25) is 0 Å². The Morgan fingerprint density at radius 3 is 0.588 bits per heavy atom. The summed E-state index contributed by atoms with van der Waals surface area (Å²) in [6.07, 6.45) is -18.4. The predicted molar refractivity (Wildman–Crippen MR) is 396 cm³/mol. The zero-order valence-corrected chi connectivity index (χ0v) is 61.9. The average molecular weight is 1580 g/mol. The fraction of sp³-hybridized carbons (Fsp3) is 0.133. The summed E-state index contributed by atoms with van der Waals surface area (Å²) < 4.78 is 145. The maximum Gasteiger partial charge on any atom is 0.414 e. The first-order chi connectivity index (χ1) is 48.3. The van der Waals surface area contributed by atoms with Gasteiger partial charge in [0.15, 0.2) is 40.8 Å². The molecule has 2 aliphatic rings. The van der Waals surface area contributed by atoms with Crippen LogP contribution in [0.5, 0.6) is 23.0 Å². The molecule has 102 heavy (non-hydrogen) atoms. The monoisotopic (exact) mass is 1580 g/mol. The largest absolute Gasteiger partial charge is 0.455 e. The minimum Gasteiger partial charge on any atom is -0.455 e. The third-order valence-electron chi connectivity index (χ3n) is 18.6. The van der Waals surface area contributed by atoms with Crippen LogP contribution < -0.4 is 73.1 Å². The van der Waals surface area contributed by atoms with E-state index in [0.717, 1.165) is 64.7 Å². The Morgan fingerprint density at radius 1 is 0.284 bits per heavy atom. The molecule has 0 aromatic heterocycles. The maximum atomic E-state index is 15.6. The Labute approximate surface area is 622 Å². The van der Waals surface area contributed by atoms with Crippen LogP contribution in [0.15, 0.2) is 315 Å². The van der Waals surface area contributed by atoms with Crippen molar-refractivity contribution in [2.45, 2.75) is 69.5 Å². The van der Waals surface area contributed by atoms with Gasteiger partial charge in [0, 0.05) is 122 Å². The summed E-state index contributed by atoms with van der Waals surface area (Å²) in [6.45, 7) is 8.64. The van der Waals surface area contributed by atoms with Crippen molar-refractivity contribution < 1.29 is 105 Å². The molecule has 2 atom stereocenters. The molecule has 14 rings (SSSR count). The molecule has 12 aromatic carbocycles. The molecule has 2 unspecified atom stereocenters. The minimum absolute atomic E-state index is 0. The van der Waals surface area contributed by atoms with Gasteiger partial charge in [-0.1, -0.05) is 319 Å². The normalized spacial score (nSPS) is 14.2. The molecule has 12 aromatic rings. The van der Waals surface area contributed by atoms with Crippen LogP contribution in [0.3, 0.4) is 0 Å². The Morgan fingerprint density at radius 2 is 0.441 bits per heavy atom. The molecule has 0 radical (unpaired) electrons. The van der Waals surface area contributed by atoms with Gasteiger partial charge in [-0.2, -0.15) is 26.3 Å². The summed E-state index contributed by atoms with van der Waals surface area (Å²) in [5.41, 5.74) is 2.74. The fourth-order valence-electron chi connectivity index (χ4n) is 13.3. The summed E-state index contributed by atoms with van der Waals surface area (Å²) in [5, 5.41) is 24.7. The number of alkyl halides is 6. The first-order valence-corrected chi connectivity index (χ1v) is 39.4. The first-order valence-electron chi connectivity index (χ1n) is 32.5. The van der Waals surface area contributed by atoms with E-state index >= 15 is 18.3 Å². The van der Waals surface area contributed by atoms with Gasteiger partial charge in [0.25, 0.3) is 0 Å². The second kappa shape index (κ2) is 30.4. The van der Waals surface area contributed by atoms with E-state index in [4.69, 9.17) is 19.7 Å². The smallest absolute Gasteiger partial charge is 0.414 e. The van der Waals surface area contributed by atoms with E-state index in [1.54, 1.807) is 0 Å². The maximum absolute atomic E-state index is 15.6. The van der Waals surface area contributed by atoms with E-state index in [1.165, 1.54) is 0 Å². The molecule has 518 valence electrons. The summed E-state index contributed by atoms with van der Waals surface area (Å²) in [6, 6.07) is 101. The first kappa shape index (κ1) is 75.2. The van der Waals surface area contributed by atoms with Crippen LogP contribution in [-0.4, -0.2) is 34.8 Å². The molecule has 0 fully saturated rings. The van der Waals surface area contributed by atoms with Crippen LogP contribution in [0.25, 0.3) is 0 Å². The van der Waals surface area contributed by atoms with Crippen molar-refractivity contribution in [2.24, 2.45) is 0 Å². The van der Waals surface area contributed by atoms with E-state index in [-0.39, 0.29) is 40.4 Å². The number of fused-ring (bicyclic) bond motifs is 4. The van der Waals surface area contributed by atoms with Gasteiger partial charge in [0.05, 0.1) is 21.2 Å². The number of rotatable bonds is 14. The fourth-order valence-corrected chi connectivity index (χ4v) is 24.4. The minimum atomic E-state index is -5.15. The van der Waals surface area contributed by atoms with Gasteiger partial charge in [-0.15, -0.1) is 0 Å². The van der Waals surface area contributed by atoms with Crippen molar-refractivity contribution in [1.82, 2.24) is 0 Å². The van der Waals surface area contributed by atoms with Crippen molar-refractivity contribution in [3.8, 4) is 23.0 Å². The van der Waals surface area contributed by atoms with E-state index in [1.807, 2.05) is 291 Å². The van der Waals surface area contributed by atoms with Gasteiger partial charge in [0.1, 0.15) is 23.0 Å². The van der Waals surface area contributed by atoms with Crippen LogP contribution in [0, 0.1) is 40.4 Å². The molecule has 0 bridgehead atoms. The number of benzene rings is 12. The Hall–Kier alpha value is -8.00. The summed E-state index contributed by atoms with van der Waals surface area (Å²) in [7, 11) is -13.5. The molecule has 2 N–H and O–H groups in total. The van der Waals surface area contributed by atoms with Crippen molar-refractivity contribution >= 4 is 92.2 Å². The number of para-hydroxylation sites is 4. The topological polar surface area (TPSA) is 127 Å². The Kier molecular flexibility index (Phi) is 22.4. The average Bonchev–Trinajstić information content (AvgIpc) is 0.715. The molecule has 0 saturated heterocycles. The number of hydrogen-bond donors (Lipinski definition) is 2. The molecule has 19 heteroatoms. The van der Waals surface area contributed by atoms with Crippen LogP contribution >= 0.6 is 28.6 Å². The van der Waals surface area contributed by atoms with Gasteiger partial charge >= 0.3 is 12.4 Å². The molecule has 0 spiro atoms. The van der Waals surface area contributed by atoms with Crippen molar-refractivity contribution in [1.29, 1.82) is 0 Å². The second-order valence-corrected chi connectivity index (χ2v) is 36.5. The molecule has 8 nitrogen and oxygen atoms in total. The van der Waals surface area contributed by atoms with E-state index in [2.05, 4.69) is 52.0 Å². The molecule has 0 aliphatic carbocycles. The van der Waals surface area contributed by atoms with Gasteiger partial charge in [-0.3, -0.25) is 0 Å². The number of ether oxygens (including phenoxy) is 2. The third-order valence-corrected chi connectivity index (χ3v) is 30.9. The zero-order chi connectivity index (χ0) is 71.6. The van der Waals surface area contributed by atoms with E-state index in [9.17, 15) is 26.3 Å². The van der Waals surface area contributed by atoms with Crippen molar-refractivity contribution in [2.75, 3.05) is 0 Å². The molecule has 0 saturated carbocycles. The summed E-state index contributed by atoms with van der Waals surface area (Å²) in [5.74, 6) is 2.28. The standard InChI is InChI=1S/2C39H32O3P2.C5H6F6O2.Sm/c2*1-39(2)33-25-15-27-35(43(40,29-17-7-3-8-18-29)30-19-9-4-10-20-30)37(33)42-38-34(39)26-16-28-36(38)44(41,31-21-11-5-12-22-31)32-23-13-6-14-24-32;6-4(7,8)2(12)1-3(13)5(9,10)11;/h2*3-28H,1-2H3;2-3,12-13H,1H2;. The van der Waals surface area contributed by atoms with E-state index in [0.29, 0.717) is 44.2 Å². The Balaban J connectivity index is 0.000000174. The van der Waals surface area contributed by atoms with E-state index < -0.39 is 70.4 Å². The molecule has 2 heterocycles. The van der Waals surface area contributed by atoms with Gasteiger partial charge in [-0.05, 0) is 24.3 Å². The van der Waals surface area contributed by atoms with Crippen molar-refractivity contribution in [3.05, 3.63) is 338 Å². The number of halogens is 6. The molecular weight excluding hydrogens is 1510 g/mol. The van der Waals surface area contributed by atoms with Crippen LogP contribution in [0.4, 0.5) is 26.3 Å². The Bertz CT molecular complexity index is 4330. The summed E-state index contributed by atoms with van der Waals surface area (Å²) in [4.78, 5) is 0. The van der Waals surface area contributed by atoms with Crippen LogP contribution in [-0.2, 0) is 29.1 Å². The van der Waals surface area contributed by atoms with Gasteiger partial charge in [-0.25, -0.2) is 0 Å². The predicted octanol–water partition coefficient (Wildman–Crippen LogP) is 16.0. The summed E-state index contributed by atoms with van der Waals surface area (Å²) >= 11 is 0. The molecule has 2 aliphatic heterocycles.